The summed E-state index contributed by atoms with van der Waals surface area (Å²) in [5.41, 5.74) is 1.77. The van der Waals surface area contributed by atoms with E-state index in [1.807, 2.05) is 25.0 Å². The Bertz CT molecular complexity index is 512. The third kappa shape index (κ3) is 5.84. The minimum atomic E-state index is 0.474. The number of aromatic nitrogens is 2. The Morgan fingerprint density at radius 2 is 2.08 bits per heavy atom. The summed E-state index contributed by atoms with van der Waals surface area (Å²) in [5.74, 6) is 1.70. The SMILES string of the molecule is CN=C(NCCCc1cnn(C)c1)NCC1(CC(C)C)CCCC1. The fourth-order valence-electron chi connectivity index (χ4n) is 4.04. The van der Waals surface area contributed by atoms with Crippen molar-refractivity contribution in [3.63, 3.8) is 0 Å². The topological polar surface area (TPSA) is 54.2 Å². The van der Waals surface area contributed by atoms with Gasteiger partial charge in [0.1, 0.15) is 0 Å². The Morgan fingerprint density at radius 3 is 2.67 bits per heavy atom. The Balaban J connectivity index is 1.71. The van der Waals surface area contributed by atoms with Crippen molar-refractivity contribution < 1.29 is 0 Å². The molecule has 0 aromatic carbocycles. The highest BCUT2D eigenvalue weighted by Crippen LogP contribution is 2.42. The molecule has 1 aromatic rings. The van der Waals surface area contributed by atoms with Crippen LogP contribution in [0.4, 0.5) is 0 Å². The van der Waals surface area contributed by atoms with Crippen LogP contribution < -0.4 is 10.6 Å². The molecule has 0 saturated heterocycles. The Hall–Kier alpha value is -1.52. The maximum absolute atomic E-state index is 4.39. The zero-order valence-corrected chi connectivity index (χ0v) is 15.9. The van der Waals surface area contributed by atoms with Crippen molar-refractivity contribution in [1.29, 1.82) is 0 Å². The highest BCUT2D eigenvalue weighted by Gasteiger charge is 2.34. The summed E-state index contributed by atoms with van der Waals surface area (Å²) in [6, 6.07) is 0. The second kappa shape index (κ2) is 9.09. The molecule has 0 unspecified atom stereocenters. The van der Waals surface area contributed by atoms with Crippen LogP contribution in [0.25, 0.3) is 0 Å². The summed E-state index contributed by atoms with van der Waals surface area (Å²) >= 11 is 0. The molecule has 0 radical (unpaired) electrons. The van der Waals surface area contributed by atoms with E-state index in [1.54, 1.807) is 0 Å². The van der Waals surface area contributed by atoms with E-state index >= 15 is 0 Å². The average molecular weight is 334 g/mol. The van der Waals surface area contributed by atoms with Crippen molar-refractivity contribution in [1.82, 2.24) is 20.4 Å². The molecule has 1 fully saturated rings. The van der Waals surface area contributed by atoms with Gasteiger partial charge in [0.15, 0.2) is 5.96 Å². The molecular weight excluding hydrogens is 298 g/mol. The molecule has 1 aliphatic carbocycles. The lowest BCUT2D eigenvalue weighted by Gasteiger charge is -2.31. The highest BCUT2D eigenvalue weighted by molar-refractivity contribution is 5.79. The van der Waals surface area contributed by atoms with Gasteiger partial charge in [-0.1, -0.05) is 26.7 Å². The van der Waals surface area contributed by atoms with Crippen molar-refractivity contribution in [3.05, 3.63) is 18.0 Å². The predicted octanol–water partition coefficient (Wildman–Crippen LogP) is 3.12. The van der Waals surface area contributed by atoms with Gasteiger partial charge in [-0.3, -0.25) is 9.67 Å². The number of aryl methyl sites for hydroxylation is 2. The van der Waals surface area contributed by atoms with Gasteiger partial charge in [0.05, 0.1) is 6.20 Å². The van der Waals surface area contributed by atoms with Crippen LogP contribution in [0.5, 0.6) is 0 Å². The summed E-state index contributed by atoms with van der Waals surface area (Å²) in [5, 5.41) is 11.2. The van der Waals surface area contributed by atoms with Gasteiger partial charge in [0, 0.05) is 33.4 Å². The van der Waals surface area contributed by atoms with Crippen LogP contribution in [-0.4, -0.2) is 35.9 Å². The standard InChI is InChI=1S/C19H35N5/c1-16(2)12-19(9-5-6-10-19)15-22-18(20-3)21-11-7-8-17-13-23-24(4)14-17/h13-14,16H,5-12,15H2,1-4H3,(H2,20,21,22). The van der Waals surface area contributed by atoms with E-state index in [0.29, 0.717) is 5.41 Å². The largest absolute Gasteiger partial charge is 0.356 e. The Labute approximate surface area is 147 Å². The van der Waals surface area contributed by atoms with Gasteiger partial charge in [0.25, 0.3) is 0 Å². The molecule has 1 aromatic heterocycles. The van der Waals surface area contributed by atoms with E-state index in [9.17, 15) is 0 Å². The normalized spacial score (nSPS) is 17.5. The first kappa shape index (κ1) is 18.8. The third-order valence-electron chi connectivity index (χ3n) is 5.05. The van der Waals surface area contributed by atoms with Crippen LogP contribution >= 0.6 is 0 Å². The molecule has 0 aliphatic heterocycles. The van der Waals surface area contributed by atoms with Crippen molar-refractivity contribution in [2.24, 2.45) is 23.4 Å². The van der Waals surface area contributed by atoms with Crippen LogP contribution in [0.3, 0.4) is 0 Å². The second-order valence-corrected chi connectivity index (χ2v) is 7.78. The molecule has 136 valence electrons. The lowest BCUT2D eigenvalue weighted by molar-refractivity contribution is 0.235. The molecule has 0 atom stereocenters. The molecule has 0 bridgehead atoms. The molecule has 0 amide bonds. The lowest BCUT2D eigenvalue weighted by atomic mass is 9.78. The number of nitrogens with one attached hydrogen (secondary N) is 2. The van der Waals surface area contributed by atoms with Crippen LogP contribution in [0.2, 0.25) is 0 Å². The monoisotopic (exact) mass is 333 g/mol. The maximum atomic E-state index is 4.39. The fraction of sp³-hybridized carbons (Fsp3) is 0.789. The molecule has 24 heavy (non-hydrogen) atoms. The lowest BCUT2D eigenvalue weighted by Crippen LogP contribution is -2.43. The van der Waals surface area contributed by atoms with Crippen LogP contribution in [0.15, 0.2) is 17.4 Å². The Morgan fingerprint density at radius 1 is 1.33 bits per heavy atom. The molecule has 2 rings (SSSR count). The molecule has 5 nitrogen and oxygen atoms in total. The molecule has 5 heteroatoms. The third-order valence-corrected chi connectivity index (χ3v) is 5.05. The van der Waals surface area contributed by atoms with E-state index in [0.717, 1.165) is 37.8 Å². The van der Waals surface area contributed by atoms with Crippen molar-refractivity contribution in [3.8, 4) is 0 Å². The molecule has 1 saturated carbocycles. The van der Waals surface area contributed by atoms with E-state index in [2.05, 4.69) is 40.8 Å². The minimum Gasteiger partial charge on any atom is -0.356 e. The van der Waals surface area contributed by atoms with Crippen LogP contribution in [0.1, 0.15) is 57.9 Å². The van der Waals surface area contributed by atoms with Gasteiger partial charge in [-0.05, 0) is 49.0 Å². The number of aliphatic imine (C=N–C) groups is 1. The van der Waals surface area contributed by atoms with Gasteiger partial charge in [-0.2, -0.15) is 5.10 Å². The maximum Gasteiger partial charge on any atom is 0.190 e. The van der Waals surface area contributed by atoms with E-state index in [-0.39, 0.29) is 0 Å². The molecule has 0 spiro atoms. The quantitative estimate of drug-likeness (QED) is 0.436. The molecular formula is C19H35N5. The van der Waals surface area contributed by atoms with E-state index in [1.165, 1.54) is 37.7 Å². The smallest absolute Gasteiger partial charge is 0.190 e. The summed E-state index contributed by atoms with van der Waals surface area (Å²) < 4.78 is 1.86. The summed E-state index contributed by atoms with van der Waals surface area (Å²) in [7, 11) is 3.82. The number of hydrogen-bond acceptors (Lipinski definition) is 2. The zero-order chi connectivity index (χ0) is 17.4. The number of nitrogens with zero attached hydrogens (tertiary/aromatic N) is 3. The van der Waals surface area contributed by atoms with Gasteiger partial charge in [-0.25, -0.2) is 0 Å². The van der Waals surface area contributed by atoms with E-state index < -0.39 is 0 Å². The summed E-state index contributed by atoms with van der Waals surface area (Å²) in [6.45, 7) is 6.66. The first-order chi connectivity index (χ1) is 11.5. The number of rotatable bonds is 8. The van der Waals surface area contributed by atoms with Crippen LogP contribution in [-0.2, 0) is 13.5 Å². The van der Waals surface area contributed by atoms with E-state index in [4.69, 9.17) is 0 Å². The van der Waals surface area contributed by atoms with Crippen molar-refractivity contribution in [2.45, 2.75) is 58.8 Å². The second-order valence-electron chi connectivity index (χ2n) is 7.78. The summed E-state index contributed by atoms with van der Waals surface area (Å²) in [4.78, 5) is 4.39. The van der Waals surface area contributed by atoms with Crippen molar-refractivity contribution in [2.75, 3.05) is 20.1 Å². The van der Waals surface area contributed by atoms with Gasteiger partial charge in [-0.15, -0.1) is 0 Å². The average Bonchev–Trinajstić information content (AvgIpc) is 3.16. The molecule has 1 heterocycles. The summed E-state index contributed by atoms with van der Waals surface area (Å²) in [6.07, 6.45) is 13.0. The number of hydrogen-bond donors (Lipinski definition) is 2. The molecule has 2 N–H and O–H groups in total. The van der Waals surface area contributed by atoms with Gasteiger partial charge < -0.3 is 10.6 Å². The fourth-order valence-corrected chi connectivity index (χ4v) is 4.04. The molecule has 1 aliphatic rings. The first-order valence-electron chi connectivity index (χ1n) is 9.45. The van der Waals surface area contributed by atoms with Crippen molar-refractivity contribution >= 4 is 5.96 Å². The Kier molecular flexibility index (Phi) is 7.13. The van der Waals surface area contributed by atoms with Gasteiger partial charge in [0.2, 0.25) is 0 Å². The predicted molar refractivity (Wildman–Crippen MR) is 101 cm³/mol. The highest BCUT2D eigenvalue weighted by atomic mass is 15.2. The zero-order valence-electron chi connectivity index (χ0n) is 15.9. The van der Waals surface area contributed by atoms with Crippen LogP contribution in [0, 0.1) is 11.3 Å². The van der Waals surface area contributed by atoms with Gasteiger partial charge >= 0.3 is 0 Å². The minimum absolute atomic E-state index is 0.474. The first-order valence-corrected chi connectivity index (χ1v) is 9.45. The number of guanidine groups is 1.